The van der Waals surface area contributed by atoms with Gasteiger partial charge < -0.3 is 15.8 Å². The lowest BCUT2D eigenvalue weighted by molar-refractivity contribution is 0.0707. The number of nitrogens with zero attached hydrogens (tertiary/aromatic N) is 1. The van der Waals surface area contributed by atoms with E-state index in [9.17, 15) is 18.0 Å². The Bertz CT molecular complexity index is 771. The molecule has 9 heteroatoms. The molecule has 2 amide bonds. The van der Waals surface area contributed by atoms with E-state index in [2.05, 4.69) is 5.32 Å². The first-order valence-electron chi connectivity index (χ1n) is 7.76. The van der Waals surface area contributed by atoms with E-state index < -0.39 is 21.8 Å². The van der Waals surface area contributed by atoms with Crippen molar-refractivity contribution in [2.75, 3.05) is 26.2 Å². The van der Waals surface area contributed by atoms with Gasteiger partial charge in [0, 0.05) is 25.3 Å². The van der Waals surface area contributed by atoms with Crippen LogP contribution in [0.15, 0.2) is 23.1 Å². The Labute approximate surface area is 140 Å². The number of benzene rings is 1. The van der Waals surface area contributed by atoms with Crippen molar-refractivity contribution in [3.8, 4) is 0 Å². The van der Waals surface area contributed by atoms with Crippen molar-refractivity contribution in [2.45, 2.75) is 23.8 Å². The zero-order valence-corrected chi connectivity index (χ0v) is 13.8. The molecule has 2 aliphatic rings. The maximum Gasteiger partial charge on any atom is 0.269 e. The van der Waals surface area contributed by atoms with Gasteiger partial charge in [0.1, 0.15) is 4.90 Å². The molecule has 1 saturated heterocycles. The Morgan fingerprint density at radius 3 is 2.88 bits per heavy atom. The first-order chi connectivity index (χ1) is 11.4. The van der Waals surface area contributed by atoms with Crippen LogP contribution in [0.25, 0.3) is 0 Å². The van der Waals surface area contributed by atoms with Crippen LogP contribution in [0.3, 0.4) is 0 Å². The van der Waals surface area contributed by atoms with E-state index in [0.717, 1.165) is 17.1 Å². The maximum atomic E-state index is 12.7. The minimum atomic E-state index is -3.96. The van der Waals surface area contributed by atoms with Gasteiger partial charge in [-0.05, 0) is 31.0 Å². The van der Waals surface area contributed by atoms with Crippen molar-refractivity contribution in [2.24, 2.45) is 5.73 Å². The van der Waals surface area contributed by atoms with Crippen molar-refractivity contribution in [1.82, 2.24) is 9.62 Å². The van der Waals surface area contributed by atoms with Gasteiger partial charge in [0.25, 0.3) is 21.8 Å². The van der Waals surface area contributed by atoms with Crippen molar-refractivity contribution in [3.63, 3.8) is 0 Å². The third-order valence-electron chi connectivity index (χ3n) is 4.09. The van der Waals surface area contributed by atoms with Crippen molar-refractivity contribution in [3.05, 3.63) is 29.3 Å². The highest BCUT2D eigenvalue weighted by atomic mass is 32.2. The van der Waals surface area contributed by atoms with E-state index in [-0.39, 0.29) is 41.8 Å². The highest BCUT2D eigenvalue weighted by molar-refractivity contribution is 7.90. The van der Waals surface area contributed by atoms with Crippen LogP contribution < -0.4 is 11.1 Å². The normalized spacial score (nSPS) is 21.8. The summed E-state index contributed by atoms with van der Waals surface area (Å²) in [6, 6.07) is 4.06. The Kier molecular flexibility index (Phi) is 4.57. The Morgan fingerprint density at radius 2 is 2.21 bits per heavy atom. The second-order valence-corrected chi connectivity index (χ2v) is 7.56. The summed E-state index contributed by atoms with van der Waals surface area (Å²) >= 11 is 0. The van der Waals surface area contributed by atoms with Gasteiger partial charge in [-0.1, -0.05) is 0 Å². The lowest BCUT2D eigenvalue weighted by Gasteiger charge is -2.18. The summed E-state index contributed by atoms with van der Waals surface area (Å²) in [4.78, 5) is 24.3. The lowest BCUT2D eigenvalue weighted by atomic mass is 10.1. The molecule has 1 fully saturated rings. The van der Waals surface area contributed by atoms with Crippen LogP contribution >= 0.6 is 0 Å². The number of carbonyl (C=O) groups excluding carboxylic acids is 2. The third kappa shape index (κ3) is 2.90. The molecule has 1 atom stereocenters. The summed E-state index contributed by atoms with van der Waals surface area (Å²) in [5.74, 6) is -1.00. The molecule has 0 bridgehead atoms. The van der Waals surface area contributed by atoms with Crippen LogP contribution in [0.2, 0.25) is 0 Å². The third-order valence-corrected chi connectivity index (χ3v) is 5.88. The van der Waals surface area contributed by atoms with E-state index in [1.807, 2.05) is 0 Å². The second-order valence-electron chi connectivity index (χ2n) is 5.73. The second kappa shape index (κ2) is 6.50. The molecule has 0 radical (unpaired) electrons. The first-order valence-corrected chi connectivity index (χ1v) is 9.20. The number of nitrogens with one attached hydrogen (secondary N) is 1. The van der Waals surface area contributed by atoms with Gasteiger partial charge >= 0.3 is 0 Å². The fourth-order valence-corrected chi connectivity index (χ4v) is 4.48. The summed E-state index contributed by atoms with van der Waals surface area (Å²) in [6.45, 7) is 1.14. The van der Waals surface area contributed by atoms with Gasteiger partial charge in [-0.25, -0.2) is 12.7 Å². The number of fused-ring (bicyclic) bond motifs is 1. The SMILES string of the molecule is NCCNC(=O)c1ccc2c(c1)S(=O)(=O)N(CC1CCCO1)C2=O. The molecule has 0 spiro atoms. The van der Waals surface area contributed by atoms with Gasteiger partial charge in [-0.15, -0.1) is 0 Å². The molecular weight excluding hydrogens is 334 g/mol. The number of rotatable bonds is 5. The number of sulfonamides is 1. The molecule has 3 rings (SSSR count). The summed E-state index contributed by atoms with van der Waals surface area (Å²) < 4.78 is 31.6. The van der Waals surface area contributed by atoms with Crippen LogP contribution in [-0.2, 0) is 14.8 Å². The molecule has 8 nitrogen and oxygen atoms in total. The number of ether oxygens (including phenoxy) is 1. The molecule has 0 aromatic heterocycles. The minimum absolute atomic E-state index is 0.00451. The summed E-state index contributed by atoms with van der Waals surface area (Å²) in [7, 11) is -3.96. The molecule has 1 aromatic rings. The largest absolute Gasteiger partial charge is 0.376 e. The number of hydrogen-bond donors (Lipinski definition) is 2. The van der Waals surface area contributed by atoms with Crippen molar-refractivity contribution < 1.29 is 22.7 Å². The minimum Gasteiger partial charge on any atom is -0.376 e. The Hall–Kier alpha value is -1.97. The van der Waals surface area contributed by atoms with Crippen molar-refractivity contribution in [1.29, 1.82) is 0 Å². The number of hydrogen-bond acceptors (Lipinski definition) is 6. The quantitative estimate of drug-likeness (QED) is 0.750. The standard InChI is InChI=1S/C15H19N3O5S/c16-5-6-17-14(19)10-3-4-12-13(8-10)24(21,22)18(15(12)20)9-11-2-1-7-23-11/h3-4,8,11H,1-2,5-7,9,16H2,(H,17,19). The van der Waals surface area contributed by atoms with Crippen LogP contribution in [0.4, 0.5) is 0 Å². The summed E-state index contributed by atoms with van der Waals surface area (Å²) in [6.07, 6.45) is 1.30. The van der Waals surface area contributed by atoms with E-state index in [4.69, 9.17) is 10.5 Å². The van der Waals surface area contributed by atoms with Gasteiger partial charge in [0.05, 0.1) is 18.2 Å². The zero-order valence-electron chi connectivity index (χ0n) is 13.0. The molecule has 2 heterocycles. The van der Waals surface area contributed by atoms with Crippen molar-refractivity contribution >= 4 is 21.8 Å². The van der Waals surface area contributed by atoms with Crippen LogP contribution in [0.5, 0.6) is 0 Å². The van der Waals surface area contributed by atoms with Gasteiger partial charge in [0.15, 0.2) is 0 Å². The van der Waals surface area contributed by atoms with Crippen LogP contribution in [0, 0.1) is 0 Å². The topological polar surface area (TPSA) is 119 Å². The molecule has 130 valence electrons. The number of amides is 2. The molecule has 1 unspecified atom stereocenters. The molecule has 1 aromatic carbocycles. The Balaban J connectivity index is 1.89. The average molecular weight is 353 g/mol. The fraction of sp³-hybridized carbons (Fsp3) is 0.467. The lowest BCUT2D eigenvalue weighted by Crippen LogP contribution is -2.36. The van der Waals surface area contributed by atoms with Gasteiger partial charge in [-0.2, -0.15) is 0 Å². The van der Waals surface area contributed by atoms with E-state index in [1.165, 1.54) is 18.2 Å². The summed E-state index contributed by atoms with van der Waals surface area (Å²) in [5, 5.41) is 2.57. The smallest absolute Gasteiger partial charge is 0.269 e. The summed E-state index contributed by atoms with van der Waals surface area (Å²) in [5.41, 5.74) is 5.59. The monoisotopic (exact) mass is 353 g/mol. The zero-order chi connectivity index (χ0) is 17.3. The molecule has 24 heavy (non-hydrogen) atoms. The van der Waals surface area contributed by atoms with E-state index in [0.29, 0.717) is 6.61 Å². The number of nitrogens with two attached hydrogens (primary N) is 1. The first kappa shape index (κ1) is 16.9. The Morgan fingerprint density at radius 1 is 1.42 bits per heavy atom. The van der Waals surface area contributed by atoms with Gasteiger partial charge in [-0.3, -0.25) is 9.59 Å². The molecule has 3 N–H and O–H groups in total. The van der Waals surface area contributed by atoms with Crippen LogP contribution in [-0.4, -0.2) is 56.9 Å². The van der Waals surface area contributed by atoms with E-state index in [1.54, 1.807) is 0 Å². The van der Waals surface area contributed by atoms with E-state index >= 15 is 0 Å². The molecule has 0 saturated carbocycles. The maximum absolute atomic E-state index is 12.7. The van der Waals surface area contributed by atoms with Gasteiger partial charge in [0.2, 0.25) is 0 Å². The fourth-order valence-electron chi connectivity index (χ4n) is 2.86. The highest BCUT2D eigenvalue weighted by Gasteiger charge is 2.43. The predicted octanol–water partition coefficient (Wildman–Crippen LogP) is -0.301. The van der Waals surface area contributed by atoms with Crippen LogP contribution in [0.1, 0.15) is 33.6 Å². The highest BCUT2D eigenvalue weighted by Crippen LogP contribution is 2.32. The average Bonchev–Trinajstić information content (AvgIpc) is 3.14. The number of carbonyl (C=O) groups is 2. The molecular formula is C15H19N3O5S. The molecule has 2 aliphatic heterocycles. The molecule has 0 aliphatic carbocycles. The predicted molar refractivity (Wildman–Crippen MR) is 85.0 cm³/mol.